The Morgan fingerprint density at radius 2 is 2.00 bits per heavy atom. The fourth-order valence-electron chi connectivity index (χ4n) is 3.09. The summed E-state index contributed by atoms with van der Waals surface area (Å²) < 4.78 is 8.32. The van der Waals surface area contributed by atoms with Crippen molar-refractivity contribution in [2.45, 2.75) is 18.4 Å². The number of imidazole rings is 1. The molecule has 106 valence electrons. The topological polar surface area (TPSA) is 29.9 Å². The highest BCUT2D eigenvalue weighted by molar-refractivity contribution is 7.71. The molecule has 0 aliphatic heterocycles. The van der Waals surface area contributed by atoms with Crippen molar-refractivity contribution in [2.24, 2.45) is 0 Å². The van der Waals surface area contributed by atoms with Crippen LogP contribution in [0.3, 0.4) is 0 Å². The van der Waals surface area contributed by atoms with Crippen LogP contribution in [0, 0.1) is 4.77 Å². The van der Waals surface area contributed by atoms with Crippen LogP contribution in [0.5, 0.6) is 5.75 Å². The van der Waals surface area contributed by atoms with Crippen molar-refractivity contribution in [3.8, 4) is 5.75 Å². The summed E-state index contributed by atoms with van der Waals surface area (Å²) in [5.41, 5.74) is 3.59. The maximum absolute atomic E-state index is 5.52. The lowest BCUT2D eigenvalue weighted by molar-refractivity contribution is 0.415. The van der Waals surface area contributed by atoms with Crippen molar-refractivity contribution < 1.29 is 4.74 Å². The number of benzene rings is 2. The third kappa shape index (κ3) is 2.07. The van der Waals surface area contributed by atoms with Crippen molar-refractivity contribution in [1.29, 1.82) is 0 Å². The molecule has 3 nitrogen and oxygen atoms in total. The van der Waals surface area contributed by atoms with Crippen LogP contribution < -0.4 is 4.74 Å². The molecule has 2 unspecified atom stereocenters. The van der Waals surface area contributed by atoms with Gasteiger partial charge in [0.25, 0.3) is 0 Å². The first-order chi connectivity index (χ1) is 10.3. The molecule has 21 heavy (non-hydrogen) atoms. The number of aromatic amines is 1. The Morgan fingerprint density at radius 3 is 2.76 bits per heavy atom. The smallest absolute Gasteiger partial charge is 0.178 e. The number of fused-ring (bicyclic) bond motifs is 1. The Morgan fingerprint density at radius 1 is 1.19 bits per heavy atom. The predicted octanol–water partition coefficient (Wildman–Crippen LogP) is 4.44. The molecule has 1 aromatic heterocycles. The quantitative estimate of drug-likeness (QED) is 0.724. The van der Waals surface area contributed by atoms with Gasteiger partial charge in [0.1, 0.15) is 5.75 Å². The van der Waals surface area contributed by atoms with Crippen LogP contribution in [0.15, 0.2) is 48.5 Å². The van der Waals surface area contributed by atoms with E-state index in [-0.39, 0.29) is 0 Å². The van der Waals surface area contributed by atoms with E-state index in [1.54, 1.807) is 7.11 Å². The summed E-state index contributed by atoms with van der Waals surface area (Å²) in [6.45, 7) is 0. The van der Waals surface area contributed by atoms with E-state index < -0.39 is 0 Å². The van der Waals surface area contributed by atoms with Gasteiger partial charge in [-0.25, -0.2) is 0 Å². The van der Waals surface area contributed by atoms with Gasteiger partial charge in [-0.2, -0.15) is 0 Å². The maximum Gasteiger partial charge on any atom is 0.178 e. The van der Waals surface area contributed by atoms with E-state index >= 15 is 0 Å². The Balaban J connectivity index is 1.75. The lowest BCUT2D eigenvalue weighted by atomic mass is 10.1. The summed E-state index contributed by atoms with van der Waals surface area (Å²) in [5, 5.41) is 0. The first-order valence-electron chi connectivity index (χ1n) is 7.11. The summed E-state index contributed by atoms with van der Waals surface area (Å²) >= 11 is 5.52. The molecule has 0 amide bonds. The number of nitrogens with zero attached hydrogens (tertiary/aromatic N) is 1. The number of H-pyrrole nitrogens is 1. The van der Waals surface area contributed by atoms with Gasteiger partial charge in [-0.1, -0.05) is 30.3 Å². The molecule has 1 N–H and O–H groups in total. The fraction of sp³-hybridized carbons (Fsp3) is 0.235. The Labute approximate surface area is 128 Å². The van der Waals surface area contributed by atoms with Crippen LogP contribution in [0.2, 0.25) is 0 Å². The average molecular weight is 296 g/mol. The normalized spacial score (nSPS) is 20.6. The van der Waals surface area contributed by atoms with E-state index in [0.29, 0.717) is 12.0 Å². The second kappa shape index (κ2) is 4.74. The zero-order valence-electron chi connectivity index (χ0n) is 11.7. The lowest BCUT2D eigenvalue weighted by Crippen LogP contribution is -1.96. The summed E-state index contributed by atoms with van der Waals surface area (Å²) in [4.78, 5) is 3.29. The number of nitrogens with one attached hydrogen (secondary N) is 1. The molecular formula is C17H16N2OS. The second-order valence-electron chi connectivity index (χ2n) is 5.50. The largest absolute Gasteiger partial charge is 0.497 e. The molecule has 1 aliphatic carbocycles. The van der Waals surface area contributed by atoms with E-state index in [4.69, 9.17) is 17.0 Å². The minimum atomic E-state index is 0.460. The molecule has 0 radical (unpaired) electrons. The Kier molecular flexibility index (Phi) is 2.86. The van der Waals surface area contributed by atoms with Crippen LogP contribution in [-0.4, -0.2) is 16.7 Å². The number of rotatable bonds is 3. The number of hydrogen-bond acceptors (Lipinski definition) is 2. The van der Waals surface area contributed by atoms with Gasteiger partial charge in [0.15, 0.2) is 4.77 Å². The molecule has 0 saturated heterocycles. The highest BCUT2D eigenvalue weighted by atomic mass is 32.1. The molecular weight excluding hydrogens is 280 g/mol. The molecule has 0 bridgehead atoms. The molecule has 4 heteroatoms. The molecule has 1 aliphatic rings. The van der Waals surface area contributed by atoms with E-state index in [0.717, 1.165) is 28.0 Å². The van der Waals surface area contributed by atoms with Gasteiger partial charge in [0, 0.05) is 18.0 Å². The van der Waals surface area contributed by atoms with Crippen molar-refractivity contribution in [1.82, 2.24) is 9.55 Å². The minimum Gasteiger partial charge on any atom is -0.497 e. The van der Waals surface area contributed by atoms with E-state index in [9.17, 15) is 0 Å². The Bertz CT molecular complexity index is 850. The van der Waals surface area contributed by atoms with Gasteiger partial charge >= 0.3 is 0 Å². The molecule has 0 spiro atoms. The van der Waals surface area contributed by atoms with Crippen molar-refractivity contribution in [2.75, 3.05) is 7.11 Å². The SMILES string of the molecule is COc1ccc2c(c1)[nH]c(=S)n2C1CC1c1ccccc1. The molecule has 1 saturated carbocycles. The summed E-state index contributed by atoms with van der Waals surface area (Å²) in [5.74, 6) is 1.42. The van der Waals surface area contributed by atoms with Crippen LogP contribution in [-0.2, 0) is 0 Å². The first kappa shape index (κ1) is 12.7. The van der Waals surface area contributed by atoms with E-state index in [1.807, 2.05) is 12.1 Å². The number of aromatic nitrogens is 2. The van der Waals surface area contributed by atoms with Crippen LogP contribution in [0.1, 0.15) is 23.9 Å². The summed E-state index contributed by atoms with van der Waals surface area (Å²) in [7, 11) is 1.68. The number of methoxy groups -OCH3 is 1. The van der Waals surface area contributed by atoms with Crippen molar-refractivity contribution >= 4 is 23.3 Å². The van der Waals surface area contributed by atoms with E-state index in [2.05, 4.69) is 45.9 Å². The fourth-order valence-corrected chi connectivity index (χ4v) is 3.44. The average Bonchev–Trinajstić information content (AvgIpc) is 3.23. The van der Waals surface area contributed by atoms with Gasteiger partial charge in [-0.3, -0.25) is 0 Å². The van der Waals surface area contributed by atoms with Crippen molar-refractivity contribution in [3.63, 3.8) is 0 Å². The zero-order valence-corrected chi connectivity index (χ0v) is 12.6. The molecule has 3 aromatic rings. The van der Waals surface area contributed by atoms with Gasteiger partial charge in [-0.05, 0) is 36.3 Å². The lowest BCUT2D eigenvalue weighted by Gasteiger charge is -2.05. The minimum absolute atomic E-state index is 0.460. The summed E-state index contributed by atoms with van der Waals surface area (Å²) in [6.07, 6.45) is 1.15. The third-order valence-corrected chi connectivity index (χ3v) is 4.54. The zero-order chi connectivity index (χ0) is 14.4. The van der Waals surface area contributed by atoms with E-state index in [1.165, 1.54) is 5.56 Å². The molecule has 2 aromatic carbocycles. The number of ether oxygens (including phenoxy) is 1. The standard InChI is InChI=1S/C17H16N2OS/c1-20-12-7-8-15-14(9-12)18-17(21)19(15)16-10-13(16)11-5-3-2-4-6-11/h2-9,13,16H,10H2,1H3,(H,18,21). The highest BCUT2D eigenvalue weighted by Gasteiger charge is 2.40. The van der Waals surface area contributed by atoms with Crippen molar-refractivity contribution in [3.05, 3.63) is 58.9 Å². The van der Waals surface area contributed by atoms with Gasteiger partial charge in [-0.15, -0.1) is 0 Å². The number of hydrogen-bond donors (Lipinski definition) is 1. The molecule has 1 heterocycles. The third-order valence-electron chi connectivity index (χ3n) is 4.24. The van der Waals surface area contributed by atoms with Crippen LogP contribution in [0.4, 0.5) is 0 Å². The van der Waals surface area contributed by atoms with Gasteiger partial charge in [0.05, 0.1) is 18.1 Å². The highest BCUT2D eigenvalue weighted by Crippen LogP contribution is 2.52. The molecule has 1 fully saturated rings. The first-order valence-corrected chi connectivity index (χ1v) is 7.52. The van der Waals surface area contributed by atoms with Crippen LogP contribution >= 0.6 is 12.2 Å². The Hall–Kier alpha value is -2.07. The van der Waals surface area contributed by atoms with Crippen LogP contribution in [0.25, 0.3) is 11.0 Å². The molecule has 4 rings (SSSR count). The second-order valence-corrected chi connectivity index (χ2v) is 5.89. The van der Waals surface area contributed by atoms with Gasteiger partial charge in [0.2, 0.25) is 0 Å². The monoisotopic (exact) mass is 296 g/mol. The maximum atomic E-state index is 5.52. The summed E-state index contributed by atoms with van der Waals surface area (Å²) in [6, 6.07) is 17.2. The van der Waals surface area contributed by atoms with Gasteiger partial charge < -0.3 is 14.3 Å². The molecule has 2 atom stereocenters. The predicted molar refractivity (Wildman–Crippen MR) is 86.5 cm³/mol.